The number of para-hydroxylation sites is 6. The van der Waals surface area contributed by atoms with Crippen molar-refractivity contribution in [2.75, 3.05) is 23.8 Å². The Labute approximate surface area is 270 Å². The highest BCUT2D eigenvalue weighted by molar-refractivity contribution is 5.68. The van der Waals surface area contributed by atoms with Crippen LogP contribution in [0.15, 0.2) is 134 Å². The zero-order valence-electron chi connectivity index (χ0n) is 25.8. The molecule has 6 nitrogen and oxygen atoms in total. The summed E-state index contributed by atoms with van der Waals surface area (Å²) in [5, 5.41) is 7.49. The first kappa shape index (κ1) is 28.1. The Bertz CT molecular complexity index is 1820. The van der Waals surface area contributed by atoms with Crippen LogP contribution in [-0.4, -0.2) is 22.3 Å². The summed E-state index contributed by atoms with van der Waals surface area (Å²) >= 11 is 0. The van der Waals surface area contributed by atoms with Crippen LogP contribution >= 0.6 is 0 Å². The first-order valence-corrected chi connectivity index (χ1v) is 16.3. The van der Waals surface area contributed by atoms with Crippen LogP contribution in [0.25, 0.3) is 11.4 Å². The molecule has 6 aromatic rings. The number of ether oxygens (including phenoxy) is 2. The molecule has 4 aromatic carbocycles. The lowest BCUT2D eigenvalue weighted by Gasteiger charge is -2.30. The number of aromatic nitrogens is 2. The molecule has 2 N–H and O–H groups in total. The minimum atomic E-state index is 0.0315. The number of benzene rings is 4. The van der Waals surface area contributed by atoms with Gasteiger partial charge in [0.15, 0.2) is 0 Å². The second-order valence-corrected chi connectivity index (χ2v) is 12.0. The molecule has 2 aliphatic rings. The molecule has 46 heavy (non-hydrogen) atoms. The number of nitrogens with one attached hydrogen (secondary N) is 2. The topological polar surface area (TPSA) is 52.4 Å². The van der Waals surface area contributed by atoms with Crippen molar-refractivity contribution < 1.29 is 9.47 Å². The van der Waals surface area contributed by atoms with Gasteiger partial charge in [0.2, 0.25) is 0 Å². The van der Waals surface area contributed by atoms with Crippen molar-refractivity contribution in [2.45, 2.75) is 37.8 Å². The predicted octanol–water partition coefficient (Wildman–Crippen LogP) is 9.32. The van der Waals surface area contributed by atoms with E-state index in [1.807, 2.05) is 0 Å². The maximum Gasteiger partial charge on any atom is 0.124 e. The molecule has 6 heteroatoms. The fraction of sp³-hybridized carbons (Fsp3) is 0.200. The molecule has 0 bridgehead atoms. The van der Waals surface area contributed by atoms with Crippen molar-refractivity contribution in [1.82, 2.24) is 9.13 Å². The molecular formula is C40H38N4O2. The molecule has 0 aliphatic carbocycles. The normalized spacial score (nSPS) is 15.8. The van der Waals surface area contributed by atoms with Crippen LogP contribution in [0.5, 0.6) is 11.5 Å². The SMILES string of the molecule is c1ccc2c(c1)NC(c1ccccc1OCCCCCCOc1ccccc1C1Nc3ccccc3-n3cccc31)c1cccn1-2. The van der Waals surface area contributed by atoms with Crippen molar-refractivity contribution in [3.63, 3.8) is 0 Å². The molecule has 2 aliphatic heterocycles. The van der Waals surface area contributed by atoms with Crippen LogP contribution in [-0.2, 0) is 0 Å². The third-order valence-electron chi connectivity index (χ3n) is 9.09. The van der Waals surface area contributed by atoms with E-state index < -0.39 is 0 Å². The molecule has 230 valence electrons. The standard InChI is InChI=1S/C40H38N4O2/c1(11-27-45-37-23-9-3-15-29(37)39-35-21-13-25-43(35)33-19-7-5-17-31(33)41-39)2-12-28-46-38-24-10-4-16-30(38)40-36-22-14-26-44(36)34-20-8-6-18-32(34)42-40/h3-10,13-26,39-42H,1-2,11-12,27-28H2. The number of unbranched alkanes of at least 4 members (excludes halogenated alkanes) is 3. The summed E-state index contributed by atoms with van der Waals surface area (Å²) in [6.45, 7) is 1.39. The molecule has 0 saturated carbocycles. The molecule has 0 fully saturated rings. The summed E-state index contributed by atoms with van der Waals surface area (Å²) < 4.78 is 17.3. The molecular weight excluding hydrogens is 568 g/mol. The molecule has 2 atom stereocenters. The van der Waals surface area contributed by atoms with Gasteiger partial charge in [0.1, 0.15) is 11.5 Å². The monoisotopic (exact) mass is 606 g/mol. The Morgan fingerprint density at radius 3 is 1.39 bits per heavy atom. The van der Waals surface area contributed by atoms with E-state index in [0.29, 0.717) is 13.2 Å². The number of hydrogen-bond acceptors (Lipinski definition) is 4. The van der Waals surface area contributed by atoms with Crippen LogP contribution in [0.1, 0.15) is 60.3 Å². The zero-order chi connectivity index (χ0) is 30.7. The van der Waals surface area contributed by atoms with E-state index >= 15 is 0 Å². The summed E-state index contributed by atoms with van der Waals surface area (Å²) in [6.07, 6.45) is 8.48. The highest BCUT2D eigenvalue weighted by Crippen LogP contribution is 2.41. The van der Waals surface area contributed by atoms with Gasteiger partial charge in [0.05, 0.1) is 48.0 Å². The Balaban J connectivity index is 0.841. The number of fused-ring (bicyclic) bond motifs is 6. The minimum Gasteiger partial charge on any atom is -0.493 e. The van der Waals surface area contributed by atoms with E-state index in [4.69, 9.17) is 9.47 Å². The average molecular weight is 607 g/mol. The van der Waals surface area contributed by atoms with Gasteiger partial charge in [-0.1, -0.05) is 60.7 Å². The van der Waals surface area contributed by atoms with E-state index in [0.717, 1.165) is 59.7 Å². The fourth-order valence-electron chi connectivity index (χ4n) is 6.86. The lowest BCUT2D eigenvalue weighted by Crippen LogP contribution is -2.22. The number of anilines is 2. The average Bonchev–Trinajstić information content (AvgIpc) is 3.81. The maximum absolute atomic E-state index is 6.39. The van der Waals surface area contributed by atoms with Gasteiger partial charge in [0, 0.05) is 34.9 Å². The lowest BCUT2D eigenvalue weighted by atomic mass is 9.99. The lowest BCUT2D eigenvalue weighted by molar-refractivity contribution is 0.284. The quantitative estimate of drug-likeness (QED) is 0.144. The van der Waals surface area contributed by atoms with Gasteiger partial charge < -0.3 is 29.2 Å². The first-order chi connectivity index (χ1) is 22.8. The second kappa shape index (κ2) is 12.6. The van der Waals surface area contributed by atoms with E-state index in [-0.39, 0.29) is 12.1 Å². The third-order valence-corrected chi connectivity index (χ3v) is 9.09. The smallest absolute Gasteiger partial charge is 0.124 e. The van der Waals surface area contributed by atoms with Gasteiger partial charge in [-0.15, -0.1) is 0 Å². The van der Waals surface area contributed by atoms with Gasteiger partial charge in [-0.05, 0) is 86.3 Å². The summed E-state index contributed by atoms with van der Waals surface area (Å²) in [5.74, 6) is 1.88. The Morgan fingerprint density at radius 1 is 0.457 bits per heavy atom. The fourth-order valence-corrected chi connectivity index (χ4v) is 6.86. The van der Waals surface area contributed by atoms with Gasteiger partial charge in [-0.2, -0.15) is 0 Å². The van der Waals surface area contributed by atoms with Crippen molar-refractivity contribution in [2.24, 2.45) is 0 Å². The van der Waals surface area contributed by atoms with Gasteiger partial charge in [0.25, 0.3) is 0 Å². The molecule has 0 spiro atoms. The highest BCUT2D eigenvalue weighted by atomic mass is 16.5. The molecule has 0 saturated heterocycles. The molecule has 8 rings (SSSR count). The van der Waals surface area contributed by atoms with Crippen molar-refractivity contribution in [3.8, 4) is 22.9 Å². The summed E-state index contributed by atoms with van der Waals surface area (Å²) in [6, 6.07) is 42.4. The van der Waals surface area contributed by atoms with Crippen LogP contribution in [0.4, 0.5) is 11.4 Å². The summed E-state index contributed by atoms with van der Waals surface area (Å²) in [7, 11) is 0. The zero-order valence-corrected chi connectivity index (χ0v) is 25.8. The van der Waals surface area contributed by atoms with Gasteiger partial charge in [-0.3, -0.25) is 0 Å². The van der Waals surface area contributed by atoms with Crippen LogP contribution in [0, 0.1) is 0 Å². The third kappa shape index (κ3) is 5.30. The summed E-state index contributed by atoms with van der Waals surface area (Å²) in [4.78, 5) is 0. The van der Waals surface area contributed by atoms with Crippen molar-refractivity contribution in [1.29, 1.82) is 0 Å². The Morgan fingerprint density at radius 2 is 0.891 bits per heavy atom. The van der Waals surface area contributed by atoms with Crippen molar-refractivity contribution >= 4 is 11.4 Å². The number of nitrogens with zero attached hydrogens (tertiary/aromatic N) is 2. The van der Waals surface area contributed by atoms with Crippen molar-refractivity contribution in [3.05, 3.63) is 156 Å². The Kier molecular flexibility index (Phi) is 7.68. The van der Waals surface area contributed by atoms with Crippen LogP contribution in [0.3, 0.4) is 0 Å². The maximum atomic E-state index is 6.39. The Hall–Kier alpha value is -5.36. The molecule has 4 heterocycles. The number of rotatable bonds is 11. The van der Waals surface area contributed by atoms with E-state index in [2.05, 4.69) is 153 Å². The van der Waals surface area contributed by atoms with Crippen LogP contribution < -0.4 is 20.1 Å². The first-order valence-electron chi connectivity index (χ1n) is 16.3. The molecule has 0 radical (unpaired) electrons. The largest absolute Gasteiger partial charge is 0.493 e. The molecule has 0 amide bonds. The van der Waals surface area contributed by atoms with Gasteiger partial charge in [-0.25, -0.2) is 0 Å². The van der Waals surface area contributed by atoms with E-state index in [1.165, 1.54) is 22.8 Å². The summed E-state index contributed by atoms with van der Waals surface area (Å²) in [5.41, 5.74) is 9.37. The highest BCUT2D eigenvalue weighted by Gasteiger charge is 2.28. The predicted molar refractivity (Wildman–Crippen MR) is 185 cm³/mol. The molecule has 2 unspecified atom stereocenters. The van der Waals surface area contributed by atoms with Gasteiger partial charge >= 0.3 is 0 Å². The minimum absolute atomic E-state index is 0.0315. The van der Waals surface area contributed by atoms with E-state index in [1.54, 1.807) is 0 Å². The number of hydrogen-bond donors (Lipinski definition) is 2. The molecule has 2 aromatic heterocycles. The second-order valence-electron chi connectivity index (χ2n) is 12.0. The van der Waals surface area contributed by atoms with E-state index in [9.17, 15) is 0 Å². The van der Waals surface area contributed by atoms with Crippen LogP contribution in [0.2, 0.25) is 0 Å².